The Kier molecular flexibility index (Phi) is 9.79. The number of aliphatic hydroxyl groups excluding tert-OH is 3. The second-order valence-electron chi connectivity index (χ2n) is 8.47. The zero-order chi connectivity index (χ0) is 28.7. The van der Waals surface area contributed by atoms with Crippen LogP contribution in [-0.4, -0.2) is 88.0 Å². The zero-order valence-electron chi connectivity index (χ0n) is 21.0. The van der Waals surface area contributed by atoms with Crippen molar-refractivity contribution in [1.82, 2.24) is 0 Å². The molecule has 0 bridgehead atoms. The maximum absolute atomic E-state index is 12.3. The van der Waals surface area contributed by atoms with Crippen LogP contribution in [0.3, 0.4) is 0 Å². The van der Waals surface area contributed by atoms with Gasteiger partial charge in [-0.05, 0) is 47.5 Å². The van der Waals surface area contributed by atoms with E-state index in [1.165, 1.54) is 62.8 Å². The predicted molar refractivity (Wildman–Crippen MR) is 135 cm³/mol. The molecule has 0 saturated carbocycles. The highest BCUT2D eigenvalue weighted by atomic mass is 16.7. The Morgan fingerprint density at radius 3 is 1.95 bits per heavy atom. The molecule has 2 aromatic carbocycles. The largest absolute Gasteiger partial charge is 0.504 e. The van der Waals surface area contributed by atoms with E-state index in [1.54, 1.807) is 12.1 Å². The van der Waals surface area contributed by atoms with Gasteiger partial charge in [0.25, 0.3) is 0 Å². The van der Waals surface area contributed by atoms with Crippen molar-refractivity contribution in [2.75, 3.05) is 14.2 Å². The van der Waals surface area contributed by atoms with Crippen molar-refractivity contribution in [3.63, 3.8) is 0 Å². The molecule has 1 fully saturated rings. The Morgan fingerprint density at radius 2 is 1.38 bits per heavy atom. The van der Waals surface area contributed by atoms with Crippen molar-refractivity contribution in [2.24, 2.45) is 0 Å². The van der Waals surface area contributed by atoms with Crippen molar-refractivity contribution in [3.8, 4) is 23.0 Å². The number of rotatable bonds is 11. The second-order valence-corrected chi connectivity index (χ2v) is 8.47. The third-order valence-electron chi connectivity index (χ3n) is 5.72. The first kappa shape index (κ1) is 29.3. The third-order valence-corrected chi connectivity index (χ3v) is 5.72. The van der Waals surface area contributed by atoms with Crippen molar-refractivity contribution in [1.29, 1.82) is 0 Å². The molecule has 5 atom stereocenters. The van der Waals surface area contributed by atoms with Crippen LogP contribution in [0, 0.1) is 0 Å². The number of allylic oxidation sites excluding steroid dienone is 2. The lowest BCUT2D eigenvalue weighted by atomic mass is 9.99. The van der Waals surface area contributed by atoms with Crippen molar-refractivity contribution in [3.05, 3.63) is 59.7 Å². The number of carbonyl (C=O) groups is 3. The van der Waals surface area contributed by atoms with Gasteiger partial charge in [0, 0.05) is 0 Å². The third kappa shape index (κ3) is 7.42. The van der Waals surface area contributed by atoms with E-state index in [0.29, 0.717) is 11.1 Å². The Bertz CT molecular complexity index is 1270. The number of benzene rings is 2. The number of aliphatic carboxylic acids is 1. The first-order valence-corrected chi connectivity index (χ1v) is 11.6. The molecule has 1 aliphatic rings. The van der Waals surface area contributed by atoms with Gasteiger partial charge in [-0.25, -0.2) is 4.79 Å². The van der Waals surface area contributed by atoms with Crippen LogP contribution in [0.15, 0.2) is 48.6 Å². The average Bonchev–Trinajstić information content (AvgIpc) is 2.91. The van der Waals surface area contributed by atoms with Gasteiger partial charge in [0.1, 0.15) is 18.3 Å². The summed E-state index contributed by atoms with van der Waals surface area (Å²) >= 11 is 0. The molecule has 12 heteroatoms. The van der Waals surface area contributed by atoms with Crippen molar-refractivity contribution < 1.29 is 58.9 Å². The fourth-order valence-electron chi connectivity index (χ4n) is 3.63. The summed E-state index contributed by atoms with van der Waals surface area (Å²) in [6, 6.07) is 8.96. The number of carbonyl (C=O) groups excluding carboxylic acids is 2. The van der Waals surface area contributed by atoms with Gasteiger partial charge in [0.2, 0.25) is 6.29 Å². The molecule has 12 nitrogen and oxygen atoms in total. The van der Waals surface area contributed by atoms with Gasteiger partial charge in [-0.2, -0.15) is 0 Å². The van der Waals surface area contributed by atoms with Crippen LogP contribution in [0.25, 0.3) is 12.2 Å². The van der Waals surface area contributed by atoms with Gasteiger partial charge in [-0.1, -0.05) is 24.3 Å². The summed E-state index contributed by atoms with van der Waals surface area (Å²) < 4.78 is 20.9. The standard InChI is InChI=1S/C27H28O12/c1-36-20-11-14(5-9-18(20)30)3-7-16(28)13-17(29)8-4-15-6-10-19(21(12-15)37-2)38-27-24(33)22(31)23(32)25(39-27)26(34)35/h3-12,22-25,27,30-33H,13H2,1-2H3,(H,34,35)/b7-3-,8-4+/t22-,23+,24+,25-,27+/m1/s1. The van der Waals surface area contributed by atoms with E-state index in [9.17, 15) is 39.9 Å². The Morgan fingerprint density at radius 1 is 0.821 bits per heavy atom. The summed E-state index contributed by atoms with van der Waals surface area (Å²) in [5.74, 6) is -2.07. The highest BCUT2D eigenvalue weighted by molar-refractivity contribution is 6.10. The maximum atomic E-state index is 12.3. The molecule has 0 amide bonds. The molecule has 3 rings (SSSR count). The van der Waals surface area contributed by atoms with Crippen molar-refractivity contribution in [2.45, 2.75) is 37.1 Å². The fourth-order valence-corrected chi connectivity index (χ4v) is 3.63. The fraction of sp³-hybridized carbons (Fsp3) is 0.296. The summed E-state index contributed by atoms with van der Waals surface area (Å²) in [6.45, 7) is 0. The minimum atomic E-state index is -1.86. The lowest BCUT2D eigenvalue weighted by Crippen LogP contribution is -2.61. The molecule has 0 aromatic heterocycles. The normalized spacial score (nSPS) is 23.1. The van der Waals surface area contributed by atoms with E-state index in [-0.39, 0.29) is 29.4 Å². The summed E-state index contributed by atoms with van der Waals surface area (Å²) in [4.78, 5) is 35.7. The van der Waals surface area contributed by atoms with E-state index in [2.05, 4.69) is 0 Å². The number of hydrogen-bond donors (Lipinski definition) is 5. The number of phenols is 1. The van der Waals surface area contributed by atoms with Crippen LogP contribution >= 0.6 is 0 Å². The van der Waals surface area contributed by atoms with Crippen LogP contribution < -0.4 is 14.2 Å². The predicted octanol–water partition coefficient (Wildman–Crippen LogP) is 0.935. The van der Waals surface area contributed by atoms with E-state index < -0.39 is 48.2 Å². The van der Waals surface area contributed by atoms with E-state index in [4.69, 9.17) is 18.9 Å². The topological polar surface area (TPSA) is 189 Å². The van der Waals surface area contributed by atoms with E-state index in [0.717, 1.165) is 0 Å². The molecule has 208 valence electrons. The molecule has 0 radical (unpaired) electrons. The minimum Gasteiger partial charge on any atom is -0.504 e. The number of carboxylic acids is 1. The Labute approximate surface area is 222 Å². The first-order valence-electron chi connectivity index (χ1n) is 11.6. The van der Waals surface area contributed by atoms with Crippen LogP contribution in [-0.2, 0) is 19.1 Å². The lowest BCUT2D eigenvalue weighted by Gasteiger charge is -2.38. The molecule has 0 unspecified atom stereocenters. The van der Waals surface area contributed by atoms with Gasteiger partial charge in [0.15, 0.2) is 40.7 Å². The summed E-state index contributed by atoms with van der Waals surface area (Å²) in [6.07, 6.45) is -3.85. The number of ether oxygens (including phenoxy) is 4. The molecule has 5 N–H and O–H groups in total. The van der Waals surface area contributed by atoms with Gasteiger partial charge in [-0.3, -0.25) is 9.59 Å². The monoisotopic (exact) mass is 544 g/mol. The second kappa shape index (κ2) is 13.0. The zero-order valence-corrected chi connectivity index (χ0v) is 21.0. The number of phenolic OH excluding ortho intramolecular Hbond substituents is 1. The van der Waals surface area contributed by atoms with Crippen LogP contribution in [0.1, 0.15) is 17.5 Å². The number of aromatic hydroxyl groups is 1. The van der Waals surface area contributed by atoms with Crippen LogP contribution in [0.4, 0.5) is 0 Å². The molecular weight excluding hydrogens is 516 g/mol. The minimum absolute atomic E-state index is 0.0314. The number of carboxylic acid groups (broad SMARTS) is 1. The summed E-state index contributed by atoms with van der Waals surface area (Å²) in [5.41, 5.74) is 1.10. The van der Waals surface area contributed by atoms with Crippen LogP contribution in [0.5, 0.6) is 23.0 Å². The molecule has 0 spiro atoms. The van der Waals surface area contributed by atoms with Crippen molar-refractivity contribution >= 4 is 29.7 Å². The highest BCUT2D eigenvalue weighted by Crippen LogP contribution is 2.32. The van der Waals surface area contributed by atoms with Gasteiger partial charge >= 0.3 is 5.97 Å². The molecule has 1 aliphatic heterocycles. The Hall–Kier alpha value is -4.23. The number of ketones is 2. The molecule has 1 heterocycles. The van der Waals surface area contributed by atoms with Crippen LogP contribution in [0.2, 0.25) is 0 Å². The molecule has 0 aliphatic carbocycles. The number of hydrogen-bond acceptors (Lipinski definition) is 11. The molecular formula is C27H28O12. The van der Waals surface area contributed by atoms with Gasteiger partial charge in [0.05, 0.1) is 20.6 Å². The van der Waals surface area contributed by atoms with E-state index in [1.807, 2.05) is 0 Å². The van der Waals surface area contributed by atoms with Gasteiger partial charge < -0.3 is 44.5 Å². The Balaban J connectivity index is 1.63. The number of methoxy groups -OCH3 is 2. The average molecular weight is 545 g/mol. The quantitative estimate of drug-likeness (QED) is 0.199. The SMILES string of the molecule is COc1cc(/C=C\C(=O)CC(=O)/C=C/c2ccc(O[C@H]3O[C@@H](C(=O)O)[C@@H](O)[C@@H](O)[C@@H]3O)c(OC)c2)ccc1O. The lowest BCUT2D eigenvalue weighted by molar-refractivity contribution is -0.271. The van der Waals surface area contributed by atoms with E-state index >= 15 is 0 Å². The number of aliphatic hydroxyl groups is 3. The molecule has 39 heavy (non-hydrogen) atoms. The smallest absolute Gasteiger partial charge is 0.335 e. The first-order chi connectivity index (χ1) is 18.5. The van der Waals surface area contributed by atoms with Gasteiger partial charge in [-0.15, -0.1) is 0 Å². The molecule has 1 saturated heterocycles. The summed E-state index contributed by atoms with van der Waals surface area (Å²) in [7, 11) is 2.73. The summed E-state index contributed by atoms with van der Waals surface area (Å²) in [5, 5.41) is 48.7. The maximum Gasteiger partial charge on any atom is 0.335 e. The molecule has 2 aromatic rings. The highest BCUT2D eigenvalue weighted by Gasteiger charge is 2.48.